The van der Waals surface area contributed by atoms with Gasteiger partial charge in [0, 0.05) is 32.6 Å². The van der Waals surface area contributed by atoms with Gasteiger partial charge >= 0.3 is 5.97 Å². The summed E-state index contributed by atoms with van der Waals surface area (Å²) < 4.78 is 0. The van der Waals surface area contributed by atoms with Crippen LogP contribution in [-0.4, -0.2) is 148 Å². The molecule has 54 heavy (non-hydrogen) atoms. The van der Waals surface area contributed by atoms with Crippen LogP contribution in [0.15, 0.2) is 35.3 Å². The van der Waals surface area contributed by atoms with E-state index in [4.69, 9.17) is 17.2 Å². The largest absolute Gasteiger partial charge is 0.480 e. The van der Waals surface area contributed by atoms with Gasteiger partial charge in [-0.3, -0.25) is 33.8 Å². The molecular weight excluding hydrogens is 704 g/mol. The van der Waals surface area contributed by atoms with Gasteiger partial charge < -0.3 is 58.1 Å². The first-order valence-electron chi connectivity index (χ1n) is 18.3. The third kappa shape index (κ3) is 10.9. The normalized spacial score (nSPS) is 21.1. The van der Waals surface area contributed by atoms with Gasteiger partial charge in [0.1, 0.15) is 30.2 Å². The number of hydrogen-bond donors (Lipinski definition) is 8. The van der Waals surface area contributed by atoms with Crippen molar-refractivity contribution >= 4 is 47.4 Å². The second-order valence-corrected chi connectivity index (χ2v) is 13.7. The average Bonchev–Trinajstić information content (AvgIpc) is 3.95. The van der Waals surface area contributed by atoms with Crippen LogP contribution >= 0.6 is 0 Å². The summed E-state index contributed by atoms with van der Waals surface area (Å²) in [4.78, 5) is 99.6. The predicted molar refractivity (Wildman–Crippen MR) is 194 cm³/mol. The molecular formula is C35H52N10O9. The summed E-state index contributed by atoms with van der Waals surface area (Å²) in [5, 5.41) is 27.1. The van der Waals surface area contributed by atoms with Crippen molar-refractivity contribution in [3.8, 4) is 0 Å². The minimum atomic E-state index is -1.45. The van der Waals surface area contributed by atoms with E-state index < -0.39 is 79.0 Å². The van der Waals surface area contributed by atoms with Gasteiger partial charge in [0.25, 0.3) is 0 Å². The molecule has 0 aromatic heterocycles. The van der Waals surface area contributed by atoms with Crippen LogP contribution in [0.2, 0.25) is 0 Å². The molecule has 3 heterocycles. The smallest absolute Gasteiger partial charge is 0.326 e. The number of aliphatic hydroxyl groups excluding tert-OH is 1. The van der Waals surface area contributed by atoms with E-state index in [1.165, 1.54) is 9.80 Å². The zero-order valence-corrected chi connectivity index (χ0v) is 30.2. The van der Waals surface area contributed by atoms with Crippen molar-refractivity contribution in [1.29, 1.82) is 0 Å². The van der Waals surface area contributed by atoms with Gasteiger partial charge in [-0.15, -0.1) is 0 Å². The van der Waals surface area contributed by atoms with Gasteiger partial charge in [-0.25, -0.2) is 4.79 Å². The summed E-state index contributed by atoms with van der Waals surface area (Å²) in [5.74, 6) is -4.83. The lowest BCUT2D eigenvalue weighted by Gasteiger charge is -2.32. The Morgan fingerprint density at radius 2 is 1.43 bits per heavy atom. The minimum Gasteiger partial charge on any atom is -0.480 e. The number of carboxylic acid groups (broad SMARTS) is 1. The molecule has 296 valence electrons. The standard InChI is InChI=1S/C35H52N10O9/c36-22(10-4-14-39-35(37)38)31(50)44-16-6-12-26(44)33(52)43-15-5-11-25(43)30(49)40-19-28(47)41-23(18-21-8-2-1-3-9-21)29(48)42-24(20-46)32(51)45-17-7-13-27(45)34(53)54/h1-3,8-9,22-27,46H,4-7,10-20,36H2,(H,40,49)(H,41,47)(H,42,48)(H,53,54)(H4,37,38,39)/t22-,23-,24-,25-,26-,27-/m0/s1. The van der Waals surface area contributed by atoms with Gasteiger partial charge in [0.2, 0.25) is 35.4 Å². The van der Waals surface area contributed by atoms with Crippen molar-refractivity contribution in [2.75, 3.05) is 39.3 Å². The maximum absolute atomic E-state index is 13.7. The molecule has 0 radical (unpaired) electrons. The van der Waals surface area contributed by atoms with Gasteiger partial charge in [0.15, 0.2) is 5.96 Å². The number of benzene rings is 1. The molecule has 0 unspecified atom stereocenters. The Labute approximate surface area is 313 Å². The molecule has 6 atom stereocenters. The van der Waals surface area contributed by atoms with E-state index in [0.717, 1.165) is 4.90 Å². The molecule has 11 N–H and O–H groups in total. The molecule has 0 spiro atoms. The van der Waals surface area contributed by atoms with Crippen LogP contribution in [0, 0.1) is 0 Å². The first-order chi connectivity index (χ1) is 25.8. The summed E-state index contributed by atoms with van der Waals surface area (Å²) in [7, 11) is 0. The summed E-state index contributed by atoms with van der Waals surface area (Å²) in [6, 6.07) is 2.47. The fourth-order valence-electron chi connectivity index (χ4n) is 7.17. The first kappa shape index (κ1) is 41.5. The average molecular weight is 757 g/mol. The van der Waals surface area contributed by atoms with Gasteiger partial charge in [0.05, 0.1) is 19.2 Å². The second kappa shape index (κ2) is 19.7. The fraction of sp³-hybridized carbons (Fsp3) is 0.600. The molecule has 0 saturated carbocycles. The lowest BCUT2D eigenvalue weighted by molar-refractivity contribution is -0.150. The molecule has 1 aromatic carbocycles. The molecule has 0 bridgehead atoms. The number of rotatable bonds is 17. The minimum absolute atomic E-state index is 0.00159. The predicted octanol–water partition coefficient (Wildman–Crippen LogP) is -3.25. The Balaban J connectivity index is 1.35. The van der Waals surface area contributed by atoms with Crippen LogP contribution in [0.3, 0.4) is 0 Å². The number of hydrogen-bond acceptors (Lipinski definition) is 10. The molecule has 3 aliphatic rings. The molecule has 1 aromatic rings. The number of aliphatic imine (C=N–C) groups is 1. The quantitative estimate of drug-likeness (QED) is 0.0442. The third-order valence-corrected chi connectivity index (χ3v) is 9.92. The number of aliphatic hydroxyl groups is 1. The fourth-order valence-corrected chi connectivity index (χ4v) is 7.17. The van der Waals surface area contributed by atoms with Crippen LogP contribution in [0.25, 0.3) is 0 Å². The lowest BCUT2D eigenvalue weighted by atomic mass is 10.0. The molecule has 6 amide bonds. The van der Waals surface area contributed by atoms with Crippen LogP contribution < -0.4 is 33.2 Å². The topological polar surface area (TPSA) is 296 Å². The Hall–Kier alpha value is -5.30. The van der Waals surface area contributed by atoms with Crippen LogP contribution in [0.5, 0.6) is 0 Å². The number of guanidine groups is 1. The van der Waals surface area contributed by atoms with Crippen molar-refractivity contribution in [3.63, 3.8) is 0 Å². The number of amides is 6. The van der Waals surface area contributed by atoms with Crippen LogP contribution in [0.4, 0.5) is 0 Å². The number of carbonyl (C=O) groups excluding carboxylic acids is 6. The zero-order chi connectivity index (χ0) is 39.4. The second-order valence-electron chi connectivity index (χ2n) is 13.7. The molecule has 3 fully saturated rings. The highest BCUT2D eigenvalue weighted by molar-refractivity contribution is 5.96. The van der Waals surface area contributed by atoms with Crippen molar-refractivity contribution in [1.82, 2.24) is 30.7 Å². The van der Waals surface area contributed by atoms with E-state index in [-0.39, 0.29) is 37.2 Å². The summed E-state index contributed by atoms with van der Waals surface area (Å²) in [6.07, 6.45) is 3.41. The highest BCUT2D eigenvalue weighted by Gasteiger charge is 2.43. The number of carbonyl (C=O) groups is 7. The lowest BCUT2D eigenvalue weighted by Crippen LogP contribution is -2.58. The van der Waals surface area contributed by atoms with E-state index in [0.29, 0.717) is 70.1 Å². The Bertz CT molecular complexity index is 1560. The third-order valence-electron chi connectivity index (χ3n) is 9.92. The Morgan fingerprint density at radius 3 is 2.06 bits per heavy atom. The summed E-state index contributed by atoms with van der Waals surface area (Å²) >= 11 is 0. The van der Waals surface area contributed by atoms with Crippen molar-refractivity contribution in [2.45, 2.75) is 94.0 Å². The van der Waals surface area contributed by atoms with Crippen LogP contribution in [-0.2, 0) is 40.0 Å². The van der Waals surface area contributed by atoms with E-state index in [1.807, 2.05) is 0 Å². The summed E-state index contributed by atoms with van der Waals surface area (Å²) in [6.45, 7) is -0.212. The van der Waals surface area contributed by atoms with Crippen LogP contribution in [0.1, 0.15) is 56.9 Å². The monoisotopic (exact) mass is 756 g/mol. The van der Waals surface area contributed by atoms with E-state index in [1.54, 1.807) is 30.3 Å². The Kier molecular flexibility index (Phi) is 15.1. The van der Waals surface area contributed by atoms with Gasteiger partial charge in [-0.2, -0.15) is 0 Å². The van der Waals surface area contributed by atoms with Crippen molar-refractivity contribution in [3.05, 3.63) is 35.9 Å². The maximum atomic E-state index is 13.7. The first-order valence-corrected chi connectivity index (χ1v) is 18.3. The van der Waals surface area contributed by atoms with E-state index in [9.17, 15) is 43.8 Å². The number of likely N-dealkylation sites (tertiary alicyclic amines) is 3. The highest BCUT2D eigenvalue weighted by atomic mass is 16.4. The maximum Gasteiger partial charge on any atom is 0.326 e. The molecule has 4 rings (SSSR count). The van der Waals surface area contributed by atoms with Crippen molar-refractivity contribution in [2.24, 2.45) is 22.2 Å². The van der Waals surface area contributed by atoms with Gasteiger partial charge in [-0.1, -0.05) is 30.3 Å². The zero-order valence-electron chi connectivity index (χ0n) is 30.2. The molecule has 3 saturated heterocycles. The summed E-state index contributed by atoms with van der Waals surface area (Å²) in [5.41, 5.74) is 17.5. The number of nitrogens with zero attached hydrogens (tertiary/aromatic N) is 4. The molecule has 19 nitrogen and oxygen atoms in total. The number of aliphatic carboxylic acids is 1. The molecule has 19 heteroatoms. The SMILES string of the molecule is NC(N)=NCCC[C@H](N)C(=O)N1CCC[C@H]1C(=O)N1CCC[C@H]1C(=O)NCC(=O)N[C@@H](Cc1ccccc1)C(=O)N[C@@H](CO)C(=O)N1CCC[C@H]1C(=O)O. The molecule has 3 aliphatic heterocycles. The van der Waals surface area contributed by atoms with E-state index in [2.05, 4.69) is 20.9 Å². The molecule has 0 aliphatic carbocycles. The van der Waals surface area contributed by atoms with E-state index >= 15 is 0 Å². The van der Waals surface area contributed by atoms with Crippen molar-refractivity contribution < 1.29 is 43.8 Å². The highest BCUT2D eigenvalue weighted by Crippen LogP contribution is 2.26. The number of nitrogens with two attached hydrogens (primary N) is 3. The number of nitrogens with one attached hydrogen (secondary N) is 3. The number of carboxylic acids is 1. The Morgan fingerprint density at radius 1 is 0.815 bits per heavy atom. The van der Waals surface area contributed by atoms with Gasteiger partial charge in [-0.05, 0) is 56.9 Å².